The molecular weight excluding hydrogens is 316 g/mol. The molecular formula is C19H34N4O2. The Morgan fingerprint density at radius 2 is 1.92 bits per heavy atom. The average molecular weight is 351 g/mol. The van der Waals surface area contributed by atoms with Crippen molar-refractivity contribution in [1.82, 2.24) is 14.9 Å². The van der Waals surface area contributed by atoms with Gasteiger partial charge < -0.3 is 19.5 Å². The Kier molecular flexibility index (Phi) is 6.49. The number of anilines is 1. The Hall–Kier alpha value is -1.56. The van der Waals surface area contributed by atoms with Crippen molar-refractivity contribution < 1.29 is 9.53 Å². The van der Waals surface area contributed by atoms with E-state index in [-0.39, 0.29) is 11.8 Å². The summed E-state index contributed by atoms with van der Waals surface area (Å²) >= 11 is 0. The second-order valence-electron chi connectivity index (χ2n) is 8.38. The number of rotatable bonds is 6. The maximum atomic E-state index is 12.8. The number of morpholine rings is 1. The second-order valence-corrected chi connectivity index (χ2v) is 8.38. The fourth-order valence-corrected chi connectivity index (χ4v) is 3.13. The molecule has 1 saturated heterocycles. The summed E-state index contributed by atoms with van der Waals surface area (Å²) in [5, 5.41) is 3.08. The third kappa shape index (κ3) is 5.21. The summed E-state index contributed by atoms with van der Waals surface area (Å²) in [6.45, 7) is 14.6. The van der Waals surface area contributed by atoms with E-state index < -0.39 is 0 Å². The summed E-state index contributed by atoms with van der Waals surface area (Å²) in [7, 11) is 1.94. The van der Waals surface area contributed by atoms with Crippen molar-refractivity contribution in [2.24, 2.45) is 12.5 Å². The number of carbonyl (C=O) groups is 1. The van der Waals surface area contributed by atoms with Crippen molar-refractivity contribution in [3.05, 3.63) is 11.4 Å². The van der Waals surface area contributed by atoms with Gasteiger partial charge in [0.1, 0.15) is 5.69 Å². The van der Waals surface area contributed by atoms with Crippen LogP contribution in [-0.4, -0.2) is 48.3 Å². The number of hydrogen-bond acceptors (Lipinski definition) is 4. The number of nitrogens with zero attached hydrogens (tertiary/aromatic N) is 3. The van der Waals surface area contributed by atoms with Crippen LogP contribution < -0.4 is 10.2 Å². The molecule has 0 aromatic carbocycles. The van der Waals surface area contributed by atoms with Crippen LogP contribution in [0.15, 0.2) is 0 Å². The highest BCUT2D eigenvalue weighted by Crippen LogP contribution is 2.25. The van der Waals surface area contributed by atoms with E-state index in [2.05, 4.69) is 44.8 Å². The van der Waals surface area contributed by atoms with Gasteiger partial charge in [-0.1, -0.05) is 34.6 Å². The Bertz CT molecular complexity index is 581. The van der Waals surface area contributed by atoms with Crippen LogP contribution in [0.1, 0.15) is 69.6 Å². The predicted octanol–water partition coefficient (Wildman–Crippen LogP) is 2.94. The van der Waals surface area contributed by atoms with Gasteiger partial charge in [-0.25, -0.2) is 4.98 Å². The van der Waals surface area contributed by atoms with E-state index in [0.29, 0.717) is 30.9 Å². The van der Waals surface area contributed by atoms with Crippen LogP contribution in [-0.2, 0) is 11.8 Å². The molecule has 0 saturated carbocycles. The fourth-order valence-electron chi connectivity index (χ4n) is 3.13. The van der Waals surface area contributed by atoms with Gasteiger partial charge in [0.05, 0.1) is 18.9 Å². The standard InChI is InChI=1S/C19H34N4O2/c1-14(2)15-16(17(24)20-9-7-8-19(3,4)5)22(6)18(21-15)23-10-12-25-13-11-23/h14H,7-13H2,1-6H3,(H,20,24). The van der Waals surface area contributed by atoms with Gasteiger partial charge in [0, 0.05) is 26.7 Å². The number of hydrogen-bond donors (Lipinski definition) is 1. The van der Waals surface area contributed by atoms with Crippen molar-refractivity contribution >= 4 is 11.9 Å². The lowest BCUT2D eigenvalue weighted by Gasteiger charge is -2.27. The van der Waals surface area contributed by atoms with Crippen LogP contribution in [0.25, 0.3) is 0 Å². The van der Waals surface area contributed by atoms with Gasteiger partial charge in [-0.15, -0.1) is 0 Å². The van der Waals surface area contributed by atoms with Gasteiger partial charge in [-0.3, -0.25) is 4.79 Å². The summed E-state index contributed by atoms with van der Waals surface area (Å²) in [6, 6.07) is 0. The Morgan fingerprint density at radius 1 is 1.28 bits per heavy atom. The first kappa shape index (κ1) is 19.8. The summed E-state index contributed by atoms with van der Waals surface area (Å²) in [6.07, 6.45) is 2.08. The maximum absolute atomic E-state index is 12.8. The Balaban J connectivity index is 2.12. The van der Waals surface area contributed by atoms with Crippen LogP contribution in [0.2, 0.25) is 0 Å². The first-order valence-electron chi connectivity index (χ1n) is 9.38. The molecule has 6 nitrogen and oxygen atoms in total. The molecule has 0 unspecified atom stereocenters. The van der Waals surface area contributed by atoms with E-state index in [0.717, 1.165) is 37.6 Å². The van der Waals surface area contributed by atoms with E-state index >= 15 is 0 Å². The van der Waals surface area contributed by atoms with Crippen molar-refractivity contribution in [2.45, 2.75) is 53.4 Å². The van der Waals surface area contributed by atoms with Crippen LogP contribution >= 0.6 is 0 Å². The van der Waals surface area contributed by atoms with Gasteiger partial charge in [-0.2, -0.15) is 0 Å². The van der Waals surface area contributed by atoms with Gasteiger partial charge >= 0.3 is 0 Å². The van der Waals surface area contributed by atoms with Crippen molar-refractivity contribution in [1.29, 1.82) is 0 Å². The monoisotopic (exact) mass is 350 g/mol. The molecule has 1 N–H and O–H groups in total. The summed E-state index contributed by atoms with van der Waals surface area (Å²) < 4.78 is 7.37. The van der Waals surface area contributed by atoms with Gasteiger partial charge in [0.15, 0.2) is 0 Å². The zero-order chi connectivity index (χ0) is 18.6. The molecule has 1 aliphatic rings. The molecule has 1 aliphatic heterocycles. The number of imidazole rings is 1. The minimum atomic E-state index is -0.0212. The largest absolute Gasteiger partial charge is 0.378 e. The highest BCUT2D eigenvalue weighted by atomic mass is 16.5. The number of ether oxygens (including phenoxy) is 1. The highest BCUT2D eigenvalue weighted by molar-refractivity contribution is 5.94. The quantitative estimate of drug-likeness (QED) is 0.802. The van der Waals surface area contributed by atoms with Crippen LogP contribution in [0, 0.1) is 5.41 Å². The Morgan fingerprint density at radius 3 is 2.48 bits per heavy atom. The van der Waals surface area contributed by atoms with Crippen LogP contribution in [0.4, 0.5) is 5.95 Å². The molecule has 25 heavy (non-hydrogen) atoms. The van der Waals surface area contributed by atoms with E-state index in [1.807, 2.05) is 11.6 Å². The third-order valence-electron chi connectivity index (χ3n) is 4.54. The number of carbonyl (C=O) groups excluding carboxylic acids is 1. The van der Waals surface area contributed by atoms with Crippen LogP contribution in [0.5, 0.6) is 0 Å². The van der Waals surface area contributed by atoms with E-state index in [9.17, 15) is 4.79 Å². The smallest absolute Gasteiger partial charge is 0.269 e. The molecule has 1 aromatic heterocycles. The normalized spacial score (nSPS) is 15.7. The topological polar surface area (TPSA) is 59.4 Å². The molecule has 1 fully saturated rings. The van der Waals surface area contributed by atoms with Gasteiger partial charge in [0.2, 0.25) is 5.95 Å². The zero-order valence-corrected chi connectivity index (χ0v) is 16.7. The first-order valence-corrected chi connectivity index (χ1v) is 9.38. The first-order chi connectivity index (χ1) is 11.7. The second kappa shape index (κ2) is 8.21. The highest BCUT2D eigenvalue weighted by Gasteiger charge is 2.26. The van der Waals surface area contributed by atoms with Crippen LogP contribution in [0.3, 0.4) is 0 Å². The van der Waals surface area contributed by atoms with E-state index in [4.69, 9.17) is 9.72 Å². The fraction of sp³-hybridized carbons (Fsp3) is 0.789. The molecule has 0 aliphatic carbocycles. The molecule has 0 spiro atoms. The SMILES string of the molecule is CC(C)c1nc(N2CCOCC2)n(C)c1C(=O)NCCCC(C)(C)C. The third-order valence-corrected chi connectivity index (χ3v) is 4.54. The van der Waals surface area contributed by atoms with E-state index in [1.165, 1.54) is 0 Å². The molecule has 2 rings (SSSR count). The summed E-state index contributed by atoms with van der Waals surface area (Å²) in [5.41, 5.74) is 1.86. The molecule has 0 radical (unpaired) electrons. The van der Waals surface area contributed by atoms with Crippen molar-refractivity contribution in [3.63, 3.8) is 0 Å². The number of aromatic nitrogens is 2. The lowest BCUT2D eigenvalue weighted by Crippen LogP contribution is -2.38. The minimum Gasteiger partial charge on any atom is -0.378 e. The summed E-state index contributed by atoms with van der Waals surface area (Å²) in [5.74, 6) is 1.05. The molecule has 2 heterocycles. The molecule has 0 bridgehead atoms. The van der Waals surface area contributed by atoms with Gasteiger partial charge in [-0.05, 0) is 24.2 Å². The minimum absolute atomic E-state index is 0.0212. The Labute approximate surface area is 151 Å². The molecule has 1 aromatic rings. The predicted molar refractivity (Wildman–Crippen MR) is 101 cm³/mol. The number of nitrogens with one attached hydrogen (secondary N) is 1. The summed E-state index contributed by atoms with van der Waals surface area (Å²) in [4.78, 5) is 19.8. The van der Waals surface area contributed by atoms with Crippen molar-refractivity contribution in [2.75, 3.05) is 37.7 Å². The lowest BCUT2D eigenvalue weighted by atomic mass is 9.91. The molecule has 142 valence electrons. The average Bonchev–Trinajstić information content (AvgIpc) is 2.89. The van der Waals surface area contributed by atoms with Crippen molar-refractivity contribution in [3.8, 4) is 0 Å². The zero-order valence-electron chi connectivity index (χ0n) is 16.7. The lowest BCUT2D eigenvalue weighted by molar-refractivity contribution is 0.0942. The maximum Gasteiger partial charge on any atom is 0.269 e. The number of amides is 1. The van der Waals surface area contributed by atoms with E-state index in [1.54, 1.807) is 0 Å². The van der Waals surface area contributed by atoms with Gasteiger partial charge in [0.25, 0.3) is 5.91 Å². The molecule has 0 atom stereocenters. The molecule has 6 heteroatoms. The molecule has 1 amide bonds.